The van der Waals surface area contributed by atoms with Crippen LogP contribution in [0.15, 0.2) is 30.7 Å². The summed E-state index contributed by atoms with van der Waals surface area (Å²) in [6.45, 7) is 2.77. The molecule has 1 atom stereocenters. The Bertz CT molecular complexity index is 636. The molecule has 2 aromatic rings. The van der Waals surface area contributed by atoms with Crippen molar-refractivity contribution in [3.05, 3.63) is 36.5 Å². The van der Waals surface area contributed by atoms with Gasteiger partial charge in [-0.05, 0) is 19.1 Å². The second-order valence-corrected chi connectivity index (χ2v) is 5.94. The van der Waals surface area contributed by atoms with Crippen LogP contribution in [0.25, 0.3) is 5.82 Å². The molecule has 1 saturated heterocycles. The van der Waals surface area contributed by atoms with Crippen molar-refractivity contribution < 1.29 is 4.79 Å². The van der Waals surface area contributed by atoms with Crippen LogP contribution >= 0.6 is 11.8 Å². The van der Waals surface area contributed by atoms with Gasteiger partial charge in [0.2, 0.25) is 5.91 Å². The van der Waals surface area contributed by atoms with Gasteiger partial charge in [0.05, 0.1) is 11.7 Å². The molecule has 7 heteroatoms. The van der Waals surface area contributed by atoms with Crippen LogP contribution < -0.4 is 10.6 Å². The lowest BCUT2D eigenvalue weighted by atomic mass is 10.2. The SMILES string of the molecule is Cc1nccn1-c1ncccc1NC(=O)C1CSCCN1. The van der Waals surface area contributed by atoms with Gasteiger partial charge in [0.15, 0.2) is 5.82 Å². The van der Waals surface area contributed by atoms with Crippen LogP contribution in [0.5, 0.6) is 0 Å². The third kappa shape index (κ3) is 3.08. The first kappa shape index (κ1) is 14.1. The Balaban J connectivity index is 1.82. The quantitative estimate of drug-likeness (QED) is 0.892. The molecule has 6 nitrogen and oxygen atoms in total. The van der Waals surface area contributed by atoms with Gasteiger partial charge >= 0.3 is 0 Å². The van der Waals surface area contributed by atoms with Gasteiger partial charge < -0.3 is 10.6 Å². The predicted molar refractivity (Wildman–Crippen MR) is 83.8 cm³/mol. The molecule has 1 aliphatic rings. The molecule has 21 heavy (non-hydrogen) atoms. The molecule has 3 heterocycles. The zero-order valence-electron chi connectivity index (χ0n) is 11.7. The number of pyridine rings is 1. The predicted octanol–water partition coefficient (Wildman–Crippen LogP) is 1.22. The third-order valence-electron chi connectivity index (χ3n) is 3.34. The number of imidazole rings is 1. The zero-order valence-corrected chi connectivity index (χ0v) is 12.6. The highest BCUT2D eigenvalue weighted by Crippen LogP contribution is 2.19. The van der Waals surface area contributed by atoms with Crippen LogP contribution in [0, 0.1) is 6.92 Å². The first-order valence-corrected chi connectivity index (χ1v) is 7.98. The summed E-state index contributed by atoms with van der Waals surface area (Å²) in [4.78, 5) is 20.9. The molecule has 0 bridgehead atoms. The molecular weight excluding hydrogens is 286 g/mol. The van der Waals surface area contributed by atoms with Crippen molar-refractivity contribution in [3.63, 3.8) is 0 Å². The molecule has 1 amide bonds. The number of aromatic nitrogens is 3. The van der Waals surface area contributed by atoms with E-state index in [0.29, 0.717) is 11.5 Å². The summed E-state index contributed by atoms with van der Waals surface area (Å²) in [7, 11) is 0. The van der Waals surface area contributed by atoms with Crippen molar-refractivity contribution in [2.45, 2.75) is 13.0 Å². The number of carbonyl (C=O) groups excluding carboxylic acids is 1. The molecule has 0 aromatic carbocycles. The maximum absolute atomic E-state index is 12.3. The van der Waals surface area contributed by atoms with Gasteiger partial charge in [-0.2, -0.15) is 11.8 Å². The molecule has 2 N–H and O–H groups in total. The number of nitrogens with one attached hydrogen (secondary N) is 2. The van der Waals surface area contributed by atoms with Crippen LogP contribution in [-0.4, -0.2) is 44.5 Å². The first-order valence-electron chi connectivity index (χ1n) is 6.83. The Morgan fingerprint density at radius 1 is 1.48 bits per heavy atom. The Morgan fingerprint density at radius 2 is 2.38 bits per heavy atom. The van der Waals surface area contributed by atoms with Crippen LogP contribution in [0.4, 0.5) is 5.69 Å². The first-order chi connectivity index (χ1) is 10.3. The summed E-state index contributed by atoms with van der Waals surface area (Å²) in [5.41, 5.74) is 0.695. The molecule has 3 rings (SSSR count). The van der Waals surface area contributed by atoms with Crippen molar-refractivity contribution in [1.82, 2.24) is 19.9 Å². The van der Waals surface area contributed by atoms with Gasteiger partial charge in [0.1, 0.15) is 5.82 Å². The average Bonchev–Trinajstić information content (AvgIpc) is 2.95. The number of aryl methyl sites for hydroxylation is 1. The van der Waals surface area contributed by atoms with Crippen LogP contribution in [0.3, 0.4) is 0 Å². The minimum absolute atomic E-state index is 0.0192. The summed E-state index contributed by atoms with van der Waals surface area (Å²) in [5, 5.41) is 6.20. The van der Waals surface area contributed by atoms with E-state index in [4.69, 9.17) is 0 Å². The number of amides is 1. The number of hydrogen-bond donors (Lipinski definition) is 2. The lowest BCUT2D eigenvalue weighted by Gasteiger charge is -2.22. The van der Waals surface area contributed by atoms with Crippen LogP contribution in [0.2, 0.25) is 0 Å². The number of nitrogens with zero attached hydrogens (tertiary/aromatic N) is 3. The molecule has 1 aliphatic heterocycles. The molecular formula is C14H17N5OS. The summed E-state index contributed by atoms with van der Waals surface area (Å²) < 4.78 is 1.86. The number of anilines is 1. The second kappa shape index (κ2) is 6.28. The second-order valence-electron chi connectivity index (χ2n) is 4.79. The minimum atomic E-state index is -0.152. The summed E-state index contributed by atoms with van der Waals surface area (Å²) in [6, 6.07) is 3.52. The summed E-state index contributed by atoms with van der Waals surface area (Å²) >= 11 is 1.79. The highest BCUT2D eigenvalue weighted by Gasteiger charge is 2.22. The number of rotatable bonds is 3. The van der Waals surface area contributed by atoms with Gasteiger partial charge in [0.25, 0.3) is 0 Å². The van der Waals surface area contributed by atoms with E-state index in [1.54, 1.807) is 24.2 Å². The topological polar surface area (TPSA) is 71.8 Å². The Morgan fingerprint density at radius 3 is 3.10 bits per heavy atom. The van der Waals surface area contributed by atoms with E-state index in [-0.39, 0.29) is 11.9 Å². The lowest BCUT2D eigenvalue weighted by Crippen LogP contribution is -2.46. The number of carbonyl (C=O) groups is 1. The highest BCUT2D eigenvalue weighted by atomic mass is 32.2. The Kier molecular flexibility index (Phi) is 4.21. The average molecular weight is 303 g/mol. The lowest BCUT2D eigenvalue weighted by molar-refractivity contribution is -0.117. The van der Waals surface area contributed by atoms with Crippen molar-refractivity contribution in [2.75, 3.05) is 23.4 Å². The van der Waals surface area contributed by atoms with E-state index in [0.717, 1.165) is 23.9 Å². The van der Waals surface area contributed by atoms with Crippen molar-refractivity contribution in [2.24, 2.45) is 0 Å². The van der Waals surface area contributed by atoms with E-state index < -0.39 is 0 Å². The molecule has 0 radical (unpaired) electrons. The highest BCUT2D eigenvalue weighted by molar-refractivity contribution is 7.99. The fourth-order valence-electron chi connectivity index (χ4n) is 2.24. The zero-order chi connectivity index (χ0) is 14.7. The molecule has 0 aliphatic carbocycles. The largest absolute Gasteiger partial charge is 0.322 e. The fraction of sp³-hybridized carbons (Fsp3) is 0.357. The number of hydrogen-bond acceptors (Lipinski definition) is 5. The van der Waals surface area contributed by atoms with Crippen molar-refractivity contribution in [3.8, 4) is 5.82 Å². The molecule has 2 aromatic heterocycles. The van der Waals surface area contributed by atoms with Gasteiger partial charge in [-0.25, -0.2) is 9.97 Å². The standard InChI is InChI=1S/C14H17N5OS/c1-10-15-5-7-19(10)13-11(3-2-4-17-13)18-14(20)12-9-21-8-6-16-12/h2-5,7,12,16H,6,8-9H2,1H3,(H,18,20). The Hall–Kier alpha value is -1.86. The van der Waals surface area contributed by atoms with Gasteiger partial charge in [-0.15, -0.1) is 0 Å². The van der Waals surface area contributed by atoms with Gasteiger partial charge in [-0.3, -0.25) is 9.36 Å². The molecule has 0 spiro atoms. The van der Waals surface area contributed by atoms with Gasteiger partial charge in [0, 0.05) is 36.6 Å². The normalized spacial score (nSPS) is 18.4. The molecule has 1 fully saturated rings. The monoisotopic (exact) mass is 303 g/mol. The summed E-state index contributed by atoms with van der Waals surface area (Å²) in [6.07, 6.45) is 5.26. The number of thioether (sulfide) groups is 1. The fourth-order valence-corrected chi connectivity index (χ4v) is 3.18. The van der Waals surface area contributed by atoms with Crippen LogP contribution in [-0.2, 0) is 4.79 Å². The van der Waals surface area contributed by atoms with Crippen molar-refractivity contribution >= 4 is 23.4 Å². The van der Waals surface area contributed by atoms with E-state index in [1.807, 2.05) is 29.8 Å². The van der Waals surface area contributed by atoms with E-state index >= 15 is 0 Å². The molecule has 110 valence electrons. The van der Waals surface area contributed by atoms with E-state index in [2.05, 4.69) is 20.6 Å². The molecule has 0 saturated carbocycles. The molecule has 1 unspecified atom stereocenters. The van der Waals surface area contributed by atoms with Crippen molar-refractivity contribution in [1.29, 1.82) is 0 Å². The Labute approximate surface area is 127 Å². The minimum Gasteiger partial charge on any atom is -0.322 e. The maximum Gasteiger partial charge on any atom is 0.242 e. The van der Waals surface area contributed by atoms with Gasteiger partial charge in [-0.1, -0.05) is 0 Å². The van der Waals surface area contributed by atoms with E-state index in [1.165, 1.54) is 0 Å². The summed E-state index contributed by atoms with van der Waals surface area (Å²) in [5.74, 6) is 3.34. The maximum atomic E-state index is 12.3. The smallest absolute Gasteiger partial charge is 0.242 e. The van der Waals surface area contributed by atoms with Crippen LogP contribution in [0.1, 0.15) is 5.82 Å². The third-order valence-corrected chi connectivity index (χ3v) is 4.40. The van der Waals surface area contributed by atoms with E-state index in [9.17, 15) is 4.79 Å².